The summed E-state index contributed by atoms with van der Waals surface area (Å²) in [5.74, 6) is 1.17. The highest BCUT2D eigenvalue weighted by Gasteiger charge is 2.00. The average Bonchev–Trinajstić information content (AvgIpc) is 2.84. The molecular formula is C15H22N2OS. The number of thioether (sulfide) groups is 1. The molecule has 1 aromatic heterocycles. The summed E-state index contributed by atoms with van der Waals surface area (Å²) in [5, 5.41) is 5.93. The van der Waals surface area contributed by atoms with E-state index in [9.17, 15) is 0 Å². The first kappa shape index (κ1) is 14.4. The van der Waals surface area contributed by atoms with Gasteiger partial charge in [-0.2, -0.15) is 0 Å². The highest BCUT2D eigenvalue weighted by Crippen LogP contribution is 2.23. The summed E-state index contributed by atoms with van der Waals surface area (Å²) in [6, 6.07) is 10.7. The normalized spacial score (nSPS) is 11.2. The third-order valence-electron chi connectivity index (χ3n) is 2.99. The number of unbranched alkanes of at least 4 members (excludes halogenated alkanes) is 1. The van der Waals surface area contributed by atoms with Crippen LogP contribution in [0.4, 0.5) is 0 Å². The molecule has 0 fully saturated rings. The van der Waals surface area contributed by atoms with Crippen LogP contribution in [0.2, 0.25) is 0 Å². The zero-order valence-corrected chi connectivity index (χ0v) is 12.3. The van der Waals surface area contributed by atoms with Crippen molar-refractivity contribution < 1.29 is 4.74 Å². The lowest BCUT2D eigenvalue weighted by atomic mass is 10.3. The number of aromatic nitrogens is 1. The molecule has 3 nitrogen and oxygen atoms in total. The average molecular weight is 278 g/mol. The second-order valence-electron chi connectivity index (χ2n) is 4.52. The number of hydrogen-bond acceptors (Lipinski definition) is 3. The van der Waals surface area contributed by atoms with Gasteiger partial charge in [-0.15, -0.1) is 11.8 Å². The summed E-state index contributed by atoms with van der Waals surface area (Å²) >= 11 is 1.91. The minimum absolute atomic E-state index is 0.795. The molecule has 0 amide bonds. The molecule has 0 bridgehead atoms. The lowest BCUT2D eigenvalue weighted by Crippen LogP contribution is -2.20. The molecule has 0 spiro atoms. The Balaban J connectivity index is 1.60. The molecule has 2 rings (SSSR count). The zero-order chi connectivity index (χ0) is 13.3. The van der Waals surface area contributed by atoms with Crippen LogP contribution >= 0.6 is 11.8 Å². The molecule has 19 heavy (non-hydrogen) atoms. The number of H-pyrrole nitrogens is 1. The first-order valence-corrected chi connectivity index (χ1v) is 7.79. The van der Waals surface area contributed by atoms with Crippen molar-refractivity contribution in [3.05, 3.63) is 30.3 Å². The number of rotatable bonds is 9. The molecule has 0 aliphatic rings. The maximum absolute atomic E-state index is 4.99. The maximum Gasteiger partial charge on any atom is 0.0732 e. The molecule has 0 aliphatic carbocycles. The van der Waals surface area contributed by atoms with Crippen LogP contribution in [0.3, 0.4) is 0 Å². The second kappa shape index (κ2) is 8.25. The van der Waals surface area contributed by atoms with E-state index in [1.54, 1.807) is 7.11 Å². The number of ether oxygens (including phenoxy) is 1. The molecule has 104 valence electrons. The molecular weight excluding hydrogens is 256 g/mol. The Bertz CT molecular complexity index is 451. The minimum atomic E-state index is 0.795. The van der Waals surface area contributed by atoms with Crippen LogP contribution in [0, 0.1) is 0 Å². The van der Waals surface area contributed by atoms with E-state index in [0.29, 0.717) is 0 Å². The molecule has 2 aromatic rings. The summed E-state index contributed by atoms with van der Waals surface area (Å²) in [6.45, 7) is 2.83. The number of benzene rings is 1. The molecule has 0 saturated heterocycles. The van der Waals surface area contributed by atoms with Gasteiger partial charge in [0.1, 0.15) is 0 Å². The third-order valence-corrected chi connectivity index (χ3v) is 4.02. The molecule has 2 N–H and O–H groups in total. The predicted octanol–water partition coefficient (Wildman–Crippen LogP) is 3.28. The Kier molecular flexibility index (Phi) is 6.27. The van der Waals surface area contributed by atoms with Gasteiger partial charge < -0.3 is 15.0 Å². The lowest BCUT2D eigenvalue weighted by Gasteiger charge is -2.03. The molecule has 4 heteroatoms. The molecule has 0 aliphatic heterocycles. The highest BCUT2D eigenvalue weighted by atomic mass is 32.2. The second-order valence-corrected chi connectivity index (χ2v) is 5.66. The number of nitrogens with one attached hydrogen (secondary N) is 2. The van der Waals surface area contributed by atoms with Crippen molar-refractivity contribution in [3.8, 4) is 0 Å². The van der Waals surface area contributed by atoms with Gasteiger partial charge in [-0.05, 0) is 37.3 Å². The van der Waals surface area contributed by atoms with E-state index in [-0.39, 0.29) is 0 Å². The van der Waals surface area contributed by atoms with Crippen molar-refractivity contribution in [2.24, 2.45) is 0 Å². The number of methoxy groups -OCH3 is 1. The lowest BCUT2D eigenvalue weighted by molar-refractivity contribution is 0.199. The van der Waals surface area contributed by atoms with Gasteiger partial charge in [0.25, 0.3) is 0 Å². The van der Waals surface area contributed by atoms with Gasteiger partial charge in [-0.3, -0.25) is 0 Å². The number of hydrogen-bond donors (Lipinski definition) is 2. The smallest absolute Gasteiger partial charge is 0.0732 e. The highest BCUT2D eigenvalue weighted by molar-refractivity contribution is 7.99. The van der Waals surface area contributed by atoms with Crippen molar-refractivity contribution in [1.82, 2.24) is 10.3 Å². The Hall–Kier alpha value is -0.970. The van der Waals surface area contributed by atoms with Crippen molar-refractivity contribution in [1.29, 1.82) is 0 Å². The van der Waals surface area contributed by atoms with Crippen molar-refractivity contribution >= 4 is 22.7 Å². The summed E-state index contributed by atoms with van der Waals surface area (Å²) < 4.78 is 4.99. The van der Waals surface area contributed by atoms with E-state index in [4.69, 9.17) is 4.74 Å². The van der Waals surface area contributed by atoms with E-state index < -0.39 is 0 Å². The van der Waals surface area contributed by atoms with Gasteiger partial charge in [0.2, 0.25) is 0 Å². The quantitative estimate of drug-likeness (QED) is 0.546. The number of aromatic amines is 1. The van der Waals surface area contributed by atoms with Gasteiger partial charge >= 0.3 is 0 Å². The number of fused-ring (bicyclic) bond motifs is 1. The first-order chi connectivity index (χ1) is 9.40. The summed E-state index contributed by atoms with van der Waals surface area (Å²) in [6.07, 6.45) is 2.46. The Morgan fingerprint density at radius 1 is 1.21 bits per heavy atom. The molecule has 1 aromatic carbocycles. The third kappa shape index (κ3) is 4.90. The molecule has 0 radical (unpaired) electrons. The van der Waals surface area contributed by atoms with Crippen LogP contribution in [-0.2, 0) is 4.74 Å². The Labute approximate surface area is 119 Å². The van der Waals surface area contributed by atoms with E-state index >= 15 is 0 Å². The largest absolute Gasteiger partial charge is 0.383 e. The summed E-state index contributed by atoms with van der Waals surface area (Å²) in [5.41, 5.74) is 1.23. The number of para-hydroxylation sites is 1. The molecule has 1 heterocycles. The van der Waals surface area contributed by atoms with Crippen molar-refractivity contribution in [2.45, 2.75) is 17.9 Å². The van der Waals surface area contributed by atoms with Gasteiger partial charge in [-0.25, -0.2) is 0 Å². The van der Waals surface area contributed by atoms with E-state index in [0.717, 1.165) is 19.7 Å². The molecule has 0 unspecified atom stereocenters. The van der Waals surface area contributed by atoms with Crippen LogP contribution in [0.5, 0.6) is 0 Å². The van der Waals surface area contributed by atoms with Gasteiger partial charge in [0, 0.05) is 24.6 Å². The minimum Gasteiger partial charge on any atom is -0.383 e. The topological polar surface area (TPSA) is 37.0 Å². The Morgan fingerprint density at radius 2 is 2.11 bits per heavy atom. The van der Waals surface area contributed by atoms with Crippen LogP contribution in [-0.4, -0.2) is 37.5 Å². The summed E-state index contributed by atoms with van der Waals surface area (Å²) in [4.78, 5) is 3.45. The predicted molar refractivity (Wildman–Crippen MR) is 83.0 cm³/mol. The van der Waals surface area contributed by atoms with Crippen molar-refractivity contribution in [3.63, 3.8) is 0 Å². The van der Waals surface area contributed by atoms with Crippen LogP contribution in [0.15, 0.2) is 35.4 Å². The van der Waals surface area contributed by atoms with Crippen molar-refractivity contribution in [2.75, 3.05) is 32.6 Å². The van der Waals surface area contributed by atoms with Gasteiger partial charge in [-0.1, -0.05) is 18.2 Å². The van der Waals surface area contributed by atoms with Crippen LogP contribution in [0.25, 0.3) is 10.9 Å². The standard InChI is InChI=1S/C15H22N2OS/c1-18-10-9-16-8-4-5-11-19-15-12-13-6-2-3-7-14(13)17-15/h2-3,6-7,12,16-17H,4-5,8-11H2,1H3. The fraction of sp³-hybridized carbons (Fsp3) is 0.467. The fourth-order valence-electron chi connectivity index (χ4n) is 1.96. The SMILES string of the molecule is COCCNCCCCSc1cc2ccccc2[nH]1. The first-order valence-electron chi connectivity index (χ1n) is 6.80. The summed E-state index contributed by atoms with van der Waals surface area (Å²) in [7, 11) is 1.73. The van der Waals surface area contributed by atoms with E-state index in [2.05, 4.69) is 40.6 Å². The van der Waals surface area contributed by atoms with E-state index in [1.807, 2.05) is 11.8 Å². The van der Waals surface area contributed by atoms with Crippen LogP contribution in [0.1, 0.15) is 12.8 Å². The maximum atomic E-state index is 4.99. The Morgan fingerprint density at radius 3 is 2.95 bits per heavy atom. The van der Waals surface area contributed by atoms with Crippen LogP contribution < -0.4 is 5.32 Å². The fourth-order valence-corrected chi connectivity index (χ4v) is 2.92. The van der Waals surface area contributed by atoms with Gasteiger partial charge in [0.05, 0.1) is 11.6 Å². The monoisotopic (exact) mass is 278 g/mol. The zero-order valence-electron chi connectivity index (χ0n) is 11.4. The molecule has 0 atom stereocenters. The molecule has 0 saturated carbocycles. The van der Waals surface area contributed by atoms with E-state index in [1.165, 1.54) is 34.5 Å². The van der Waals surface area contributed by atoms with Gasteiger partial charge in [0.15, 0.2) is 0 Å².